The Kier molecular flexibility index (Phi) is 6.64. The molecule has 6 nitrogen and oxygen atoms in total. The fourth-order valence-electron chi connectivity index (χ4n) is 3.13. The number of likely N-dealkylation sites (N-methyl/N-ethyl adjacent to an activating group) is 1. The van der Waals surface area contributed by atoms with Crippen LogP contribution in [0.1, 0.15) is 48.5 Å². The van der Waals surface area contributed by atoms with Gasteiger partial charge in [0.05, 0.1) is 12.5 Å². The van der Waals surface area contributed by atoms with Crippen LogP contribution in [0.25, 0.3) is 0 Å². The van der Waals surface area contributed by atoms with Crippen molar-refractivity contribution in [1.82, 2.24) is 9.80 Å². The van der Waals surface area contributed by atoms with Gasteiger partial charge in [-0.1, -0.05) is 31.5 Å². The van der Waals surface area contributed by atoms with Crippen molar-refractivity contribution in [2.75, 3.05) is 26.7 Å². The lowest BCUT2D eigenvalue weighted by atomic mass is 9.98. The average Bonchev–Trinajstić information content (AvgIpc) is 2.60. The molecule has 26 heavy (non-hydrogen) atoms. The zero-order chi connectivity index (χ0) is 19.4. The van der Waals surface area contributed by atoms with Gasteiger partial charge in [0.15, 0.2) is 0 Å². The lowest BCUT2D eigenvalue weighted by molar-refractivity contribution is -0.145. The molecule has 7 heteroatoms. The van der Waals surface area contributed by atoms with Crippen LogP contribution in [0.5, 0.6) is 0 Å². The smallest absolute Gasteiger partial charge is 0.308 e. The van der Waals surface area contributed by atoms with E-state index in [2.05, 4.69) is 0 Å². The van der Waals surface area contributed by atoms with Gasteiger partial charge in [-0.15, -0.1) is 0 Å². The number of nitrogens with zero attached hydrogens (tertiary/aromatic N) is 2. The predicted octanol–water partition coefficient (Wildman–Crippen LogP) is 2.86. The molecule has 1 saturated heterocycles. The summed E-state index contributed by atoms with van der Waals surface area (Å²) in [5.41, 5.74) is 1.40. The number of carbonyl (C=O) groups is 3. The summed E-state index contributed by atoms with van der Waals surface area (Å²) < 4.78 is 0. The van der Waals surface area contributed by atoms with Crippen LogP contribution in [-0.2, 0) is 9.59 Å². The first-order chi connectivity index (χ1) is 12.2. The van der Waals surface area contributed by atoms with E-state index in [0.717, 1.165) is 5.56 Å². The lowest BCUT2D eigenvalue weighted by Gasteiger charge is -2.32. The van der Waals surface area contributed by atoms with E-state index in [1.165, 1.54) is 9.80 Å². The molecular weight excluding hydrogens is 356 g/mol. The Morgan fingerprint density at radius 1 is 1.35 bits per heavy atom. The topological polar surface area (TPSA) is 77.9 Å². The summed E-state index contributed by atoms with van der Waals surface area (Å²) in [6.45, 7) is 4.69. The summed E-state index contributed by atoms with van der Waals surface area (Å²) in [4.78, 5) is 39.0. The Balaban J connectivity index is 2.01. The molecule has 1 aliphatic heterocycles. The van der Waals surface area contributed by atoms with Gasteiger partial charge in [-0.25, -0.2) is 0 Å². The van der Waals surface area contributed by atoms with Gasteiger partial charge in [-0.2, -0.15) is 0 Å². The Labute approximate surface area is 158 Å². The van der Waals surface area contributed by atoms with E-state index in [-0.39, 0.29) is 30.8 Å². The van der Waals surface area contributed by atoms with Crippen molar-refractivity contribution in [1.29, 1.82) is 0 Å². The molecule has 1 aromatic carbocycles. The fourth-order valence-corrected chi connectivity index (χ4v) is 3.53. The van der Waals surface area contributed by atoms with E-state index in [9.17, 15) is 14.4 Å². The number of piperidine rings is 1. The normalized spacial score (nSPS) is 17.3. The van der Waals surface area contributed by atoms with Gasteiger partial charge in [-0.3, -0.25) is 14.4 Å². The number of aliphatic carboxylic acids is 1. The number of carboxylic acid groups (broad SMARTS) is 1. The maximum Gasteiger partial charge on any atom is 0.308 e. The van der Waals surface area contributed by atoms with Crippen LogP contribution in [-0.4, -0.2) is 59.4 Å². The molecule has 1 N–H and O–H groups in total. The van der Waals surface area contributed by atoms with Crippen molar-refractivity contribution >= 4 is 29.4 Å². The first-order valence-corrected chi connectivity index (χ1v) is 9.14. The van der Waals surface area contributed by atoms with E-state index >= 15 is 0 Å². The second kappa shape index (κ2) is 8.54. The summed E-state index contributed by atoms with van der Waals surface area (Å²) in [5, 5.41) is 9.66. The van der Waals surface area contributed by atoms with E-state index in [1.807, 2.05) is 19.9 Å². The van der Waals surface area contributed by atoms with Gasteiger partial charge in [-0.05, 0) is 36.5 Å². The molecule has 1 fully saturated rings. The van der Waals surface area contributed by atoms with Crippen molar-refractivity contribution in [3.05, 3.63) is 34.3 Å². The monoisotopic (exact) mass is 380 g/mol. The number of halogens is 1. The third kappa shape index (κ3) is 4.75. The molecule has 1 heterocycles. The van der Waals surface area contributed by atoms with Crippen molar-refractivity contribution < 1.29 is 19.5 Å². The maximum absolute atomic E-state index is 12.6. The molecule has 0 spiro atoms. The molecule has 1 aromatic rings. The Bertz CT molecular complexity index is 705. The van der Waals surface area contributed by atoms with Gasteiger partial charge in [0.2, 0.25) is 5.91 Å². The maximum atomic E-state index is 12.6. The minimum atomic E-state index is -0.883. The number of rotatable bonds is 5. The summed E-state index contributed by atoms with van der Waals surface area (Å²) in [7, 11) is 1.56. The van der Waals surface area contributed by atoms with Crippen LogP contribution in [0.15, 0.2) is 18.2 Å². The molecule has 1 aliphatic rings. The predicted molar refractivity (Wildman–Crippen MR) is 99.4 cm³/mol. The van der Waals surface area contributed by atoms with Crippen LogP contribution in [0.3, 0.4) is 0 Å². The van der Waals surface area contributed by atoms with E-state index in [1.54, 1.807) is 19.2 Å². The minimum absolute atomic E-state index is 0.0886. The van der Waals surface area contributed by atoms with Crippen LogP contribution in [0, 0.1) is 5.92 Å². The molecule has 0 aromatic heterocycles. The summed E-state index contributed by atoms with van der Waals surface area (Å²) >= 11 is 6.24. The number of likely N-dealkylation sites (tertiary alicyclic amines) is 1. The third-order valence-corrected chi connectivity index (χ3v) is 5.04. The number of carbonyl (C=O) groups excluding carboxylic acids is 2. The summed E-state index contributed by atoms with van der Waals surface area (Å²) in [6.07, 6.45) is 1.24. The minimum Gasteiger partial charge on any atom is -0.481 e. The zero-order valence-electron chi connectivity index (χ0n) is 15.4. The highest BCUT2D eigenvalue weighted by Crippen LogP contribution is 2.25. The second-order valence-corrected chi connectivity index (χ2v) is 7.48. The molecule has 2 rings (SSSR count). The SMILES string of the molecule is CC(C)c1ccc(C(=O)N(C)CC(=O)N2CCCC(C(=O)O)C2)cc1Cl. The van der Waals surface area contributed by atoms with Gasteiger partial charge in [0.1, 0.15) is 0 Å². The van der Waals surface area contributed by atoms with Crippen LogP contribution in [0.4, 0.5) is 0 Å². The Morgan fingerprint density at radius 3 is 2.62 bits per heavy atom. The Hall–Kier alpha value is -2.08. The first kappa shape index (κ1) is 20.2. The largest absolute Gasteiger partial charge is 0.481 e. The van der Waals surface area contributed by atoms with Gasteiger partial charge in [0.25, 0.3) is 5.91 Å². The highest BCUT2D eigenvalue weighted by Gasteiger charge is 2.29. The van der Waals surface area contributed by atoms with E-state index < -0.39 is 11.9 Å². The molecule has 0 saturated carbocycles. The van der Waals surface area contributed by atoms with Gasteiger partial charge >= 0.3 is 5.97 Å². The standard InChI is InChI=1S/C19H25ClN2O4/c1-12(2)15-7-6-13(9-16(15)20)18(24)21(3)11-17(23)22-8-4-5-14(10-22)19(25)26/h6-7,9,12,14H,4-5,8,10-11H2,1-3H3,(H,25,26). The number of hydrogen-bond acceptors (Lipinski definition) is 3. The van der Waals surface area contributed by atoms with Crippen molar-refractivity contribution in [3.8, 4) is 0 Å². The van der Waals surface area contributed by atoms with Gasteiger partial charge < -0.3 is 14.9 Å². The van der Waals surface area contributed by atoms with E-state index in [4.69, 9.17) is 16.7 Å². The highest BCUT2D eigenvalue weighted by atomic mass is 35.5. The molecular formula is C19H25ClN2O4. The van der Waals surface area contributed by atoms with Crippen molar-refractivity contribution in [2.24, 2.45) is 5.92 Å². The number of benzene rings is 1. The lowest BCUT2D eigenvalue weighted by Crippen LogP contribution is -2.46. The van der Waals surface area contributed by atoms with E-state index in [0.29, 0.717) is 30.0 Å². The van der Waals surface area contributed by atoms with Crippen molar-refractivity contribution in [3.63, 3.8) is 0 Å². The zero-order valence-corrected chi connectivity index (χ0v) is 16.1. The van der Waals surface area contributed by atoms with Gasteiger partial charge in [0, 0.05) is 30.7 Å². The number of carboxylic acids is 1. The molecule has 1 atom stereocenters. The van der Waals surface area contributed by atoms with Crippen LogP contribution in [0.2, 0.25) is 5.02 Å². The highest BCUT2D eigenvalue weighted by molar-refractivity contribution is 6.31. The molecule has 1 unspecified atom stereocenters. The third-order valence-electron chi connectivity index (χ3n) is 4.71. The summed E-state index contributed by atoms with van der Waals surface area (Å²) in [5.74, 6) is -1.69. The fraction of sp³-hybridized carbons (Fsp3) is 0.526. The number of amides is 2. The quantitative estimate of drug-likeness (QED) is 0.851. The van der Waals surface area contributed by atoms with Crippen LogP contribution < -0.4 is 0 Å². The molecule has 142 valence electrons. The first-order valence-electron chi connectivity index (χ1n) is 8.76. The van der Waals surface area contributed by atoms with Crippen molar-refractivity contribution in [2.45, 2.75) is 32.6 Å². The van der Waals surface area contributed by atoms with Crippen LogP contribution >= 0.6 is 11.6 Å². The Morgan fingerprint density at radius 2 is 2.04 bits per heavy atom. The second-order valence-electron chi connectivity index (χ2n) is 7.07. The molecule has 2 amide bonds. The number of hydrogen-bond donors (Lipinski definition) is 1. The molecule has 0 bridgehead atoms. The molecule has 0 aliphatic carbocycles. The summed E-state index contributed by atoms with van der Waals surface area (Å²) in [6, 6.07) is 5.17. The molecule has 0 radical (unpaired) electrons. The average molecular weight is 381 g/mol.